The summed E-state index contributed by atoms with van der Waals surface area (Å²) in [6.07, 6.45) is 0.971. The van der Waals surface area contributed by atoms with Gasteiger partial charge in [-0.3, -0.25) is 4.99 Å². The van der Waals surface area contributed by atoms with Gasteiger partial charge in [0, 0.05) is 31.6 Å². The summed E-state index contributed by atoms with van der Waals surface area (Å²) in [4.78, 5) is 3.87. The van der Waals surface area contributed by atoms with Crippen LogP contribution in [0.1, 0.15) is 18.4 Å². The van der Waals surface area contributed by atoms with E-state index in [2.05, 4.69) is 10.3 Å². The lowest BCUT2D eigenvalue weighted by Gasteiger charge is -2.32. The molecule has 1 saturated heterocycles. The van der Waals surface area contributed by atoms with Gasteiger partial charge in [0.15, 0.2) is 0 Å². The molecule has 1 aromatic rings. The fourth-order valence-electron chi connectivity index (χ4n) is 2.33. The number of benzene rings is 1. The summed E-state index contributed by atoms with van der Waals surface area (Å²) >= 11 is 0. The van der Waals surface area contributed by atoms with Crippen molar-refractivity contribution in [3.8, 4) is 5.75 Å². The molecule has 0 spiro atoms. The molecular formula is C15H22N2O4. The van der Waals surface area contributed by atoms with Gasteiger partial charge in [0.1, 0.15) is 5.75 Å². The number of aliphatic imine (C=N–C) groups is 1. The van der Waals surface area contributed by atoms with Crippen molar-refractivity contribution in [2.75, 3.05) is 19.0 Å². The monoisotopic (exact) mass is 294 g/mol. The number of aryl methyl sites for hydroxylation is 1. The highest BCUT2D eigenvalue weighted by atomic mass is 16.7. The highest BCUT2D eigenvalue weighted by Gasteiger charge is 2.29. The molecule has 0 aromatic heterocycles. The van der Waals surface area contributed by atoms with Crippen LogP contribution in [-0.4, -0.2) is 48.7 Å². The van der Waals surface area contributed by atoms with E-state index in [1.165, 1.54) is 0 Å². The van der Waals surface area contributed by atoms with Crippen LogP contribution in [0.15, 0.2) is 23.2 Å². The lowest BCUT2D eigenvalue weighted by atomic mass is 10.1. The van der Waals surface area contributed by atoms with Crippen molar-refractivity contribution in [1.29, 1.82) is 0 Å². The van der Waals surface area contributed by atoms with Gasteiger partial charge < -0.3 is 25.0 Å². The van der Waals surface area contributed by atoms with E-state index < -0.39 is 12.4 Å². The van der Waals surface area contributed by atoms with Gasteiger partial charge in [-0.2, -0.15) is 0 Å². The van der Waals surface area contributed by atoms with Crippen LogP contribution in [0, 0.1) is 6.92 Å². The Balaban J connectivity index is 2.06. The number of aliphatic hydroxyl groups excluding tert-OH is 2. The molecule has 2 rings (SSSR count). The van der Waals surface area contributed by atoms with E-state index in [9.17, 15) is 5.11 Å². The minimum Gasteiger partial charge on any atom is -0.465 e. The zero-order chi connectivity index (χ0) is 15.2. The fourth-order valence-corrected chi connectivity index (χ4v) is 2.33. The van der Waals surface area contributed by atoms with Gasteiger partial charge in [-0.1, -0.05) is 0 Å². The van der Waals surface area contributed by atoms with Crippen molar-refractivity contribution < 1.29 is 19.7 Å². The number of anilines is 1. The zero-order valence-corrected chi connectivity index (χ0v) is 12.3. The zero-order valence-electron chi connectivity index (χ0n) is 12.3. The summed E-state index contributed by atoms with van der Waals surface area (Å²) in [5.74, 6) is 0.651. The van der Waals surface area contributed by atoms with E-state index in [0.717, 1.165) is 11.3 Å². The highest BCUT2D eigenvalue weighted by Crippen LogP contribution is 2.26. The number of aliphatic hydroxyl groups is 2. The predicted octanol–water partition coefficient (Wildman–Crippen LogP) is 1.30. The van der Waals surface area contributed by atoms with Crippen LogP contribution in [0.2, 0.25) is 0 Å². The van der Waals surface area contributed by atoms with E-state index in [1.807, 2.05) is 25.1 Å². The van der Waals surface area contributed by atoms with E-state index in [0.29, 0.717) is 18.6 Å². The van der Waals surface area contributed by atoms with Crippen LogP contribution in [0.5, 0.6) is 5.75 Å². The van der Waals surface area contributed by atoms with Crippen molar-refractivity contribution >= 4 is 12.0 Å². The molecule has 6 heteroatoms. The number of rotatable bonds is 5. The lowest BCUT2D eigenvalue weighted by molar-refractivity contribution is -0.184. The topological polar surface area (TPSA) is 83.3 Å². The Morgan fingerprint density at radius 3 is 2.95 bits per heavy atom. The van der Waals surface area contributed by atoms with Gasteiger partial charge in [0.25, 0.3) is 0 Å². The first-order valence-electron chi connectivity index (χ1n) is 7.00. The molecule has 6 nitrogen and oxygen atoms in total. The van der Waals surface area contributed by atoms with Gasteiger partial charge in [0.05, 0.1) is 25.2 Å². The number of ether oxygens (including phenoxy) is 2. The first-order chi connectivity index (χ1) is 10.1. The standard InChI is InChI=1S/C15H22N2O4/c1-10-3-11(17-9-16-2)5-13(4-10)20-15-7-12(19)6-14(8-18)21-15/h3-5,9,12,14-15,18-19H,6-8H2,1-2H3,(H,16,17)/t12-,14?,15?/m0/s1. The number of hydrogen-bond donors (Lipinski definition) is 3. The average molecular weight is 294 g/mol. The summed E-state index contributed by atoms with van der Waals surface area (Å²) < 4.78 is 11.4. The van der Waals surface area contributed by atoms with Crippen LogP contribution >= 0.6 is 0 Å². The molecule has 0 bridgehead atoms. The lowest BCUT2D eigenvalue weighted by Crippen LogP contribution is -2.40. The smallest absolute Gasteiger partial charge is 0.202 e. The molecule has 21 heavy (non-hydrogen) atoms. The maximum absolute atomic E-state index is 9.78. The Morgan fingerprint density at radius 1 is 1.43 bits per heavy atom. The Kier molecular flexibility index (Phi) is 5.55. The molecule has 1 aromatic carbocycles. The molecule has 0 aliphatic carbocycles. The van der Waals surface area contributed by atoms with Gasteiger partial charge in [-0.25, -0.2) is 0 Å². The first-order valence-corrected chi connectivity index (χ1v) is 7.00. The molecule has 2 unspecified atom stereocenters. The van der Waals surface area contributed by atoms with Crippen LogP contribution in [0.3, 0.4) is 0 Å². The van der Waals surface area contributed by atoms with Crippen LogP contribution < -0.4 is 10.1 Å². The molecule has 0 amide bonds. The van der Waals surface area contributed by atoms with Gasteiger partial charge in [-0.15, -0.1) is 0 Å². The predicted molar refractivity (Wildman–Crippen MR) is 80.8 cm³/mol. The van der Waals surface area contributed by atoms with E-state index >= 15 is 0 Å². The average Bonchev–Trinajstić information content (AvgIpc) is 2.43. The van der Waals surface area contributed by atoms with Crippen molar-refractivity contribution in [2.24, 2.45) is 4.99 Å². The normalized spacial score (nSPS) is 26.0. The van der Waals surface area contributed by atoms with Gasteiger partial charge >= 0.3 is 0 Å². The summed E-state index contributed by atoms with van der Waals surface area (Å²) in [6, 6.07) is 5.71. The van der Waals surface area contributed by atoms with Crippen molar-refractivity contribution in [2.45, 2.75) is 38.3 Å². The Bertz CT molecular complexity index is 493. The second-order valence-corrected chi connectivity index (χ2v) is 5.18. The van der Waals surface area contributed by atoms with E-state index in [4.69, 9.17) is 14.6 Å². The quantitative estimate of drug-likeness (QED) is 0.563. The van der Waals surface area contributed by atoms with Gasteiger partial charge in [0.2, 0.25) is 6.29 Å². The molecule has 0 radical (unpaired) electrons. The molecule has 1 aliphatic rings. The molecule has 116 valence electrons. The van der Waals surface area contributed by atoms with Crippen LogP contribution in [0.4, 0.5) is 5.69 Å². The van der Waals surface area contributed by atoms with Crippen LogP contribution in [-0.2, 0) is 4.74 Å². The van der Waals surface area contributed by atoms with Crippen molar-refractivity contribution in [1.82, 2.24) is 0 Å². The number of nitrogens with zero attached hydrogens (tertiary/aromatic N) is 1. The fraction of sp³-hybridized carbons (Fsp3) is 0.533. The minimum absolute atomic E-state index is 0.121. The number of nitrogens with one attached hydrogen (secondary N) is 1. The molecule has 3 N–H and O–H groups in total. The highest BCUT2D eigenvalue weighted by molar-refractivity contribution is 5.76. The largest absolute Gasteiger partial charge is 0.465 e. The molecule has 1 fully saturated rings. The Labute approximate surface area is 124 Å². The molecule has 0 saturated carbocycles. The Morgan fingerprint density at radius 2 is 2.24 bits per heavy atom. The summed E-state index contributed by atoms with van der Waals surface area (Å²) in [5.41, 5.74) is 1.90. The molecule has 1 heterocycles. The van der Waals surface area contributed by atoms with Crippen LogP contribution in [0.25, 0.3) is 0 Å². The van der Waals surface area contributed by atoms with E-state index in [1.54, 1.807) is 13.4 Å². The molecule has 1 aliphatic heterocycles. The third-order valence-electron chi connectivity index (χ3n) is 3.23. The van der Waals surface area contributed by atoms with Crippen molar-refractivity contribution in [3.05, 3.63) is 23.8 Å². The third-order valence-corrected chi connectivity index (χ3v) is 3.23. The van der Waals surface area contributed by atoms with E-state index in [-0.39, 0.29) is 12.7 Å². The van der Waals surface area contributed by atoms with Gasteiger partial charge in [-0.05, 0) is 24.6 Å². The summed E-state index contributed by atoms with van der Waals surface area (Å²) in [5, 5.41) is 22.0. The maximum atomic E-state index is 9.78. The third kappa shape index (κ3) is 4.70. The Hall–Kier alpha value is -1.63. The second kappa shape index (κ2) is 7.40. The summed E-state index contributed by atoms with van der Waals surface area (Å²) in [6.45, 7) is 1.85. The number of hydrogen-bond acceptors (Lipinski definition) is 5. The minimum atomic E-state index is -0.555. The summed E-state index contributed by atoms with van der Waals surface area (Å²) in [7, 11) is 1.69. The molecular weight excluding hydrogens is 272 g/mol. The molecule has 3 atom stereocenters. The first kappa shape index (κ1) is 15.8. The SMILES string of the molecule is CN=CNc1cc(C)cc(OC2C[C@@H](O)CC(CO)O2)c1. The second-order valence-electron chi connectivity index (χ2n) is 5.18. The van der Waals surface area contributed by atoms with Crippen molar-refractivity contribution in [3.63, 3.8) is 0 Å². The maximum Gasteiger partial charge on any atom is 0.202 e.